The topological polar surface area (TPSA) is 85.9 Å². The molecule has 160 valence electrons. The van der Waals surface area contributed by atoms with Crippen LogP contribution in [0.5, 0.6) is 5.75 Å². The number of aliphatic hydroxyl groups excluding tert-OH is 1. The number of fused-ring (bicyclic) bond motifs is 4. The summed E-state index contributed by atoms with van der Waals surface area (Å²) in [7, 11) is 1.62. The largest absolute Gasteiger partial charge is 0.497 e. The van der Waals surface area contributed by atoms with Crippen molar-refractivity contribution >= 4 is 22.7 Å². The molecule has 3 aromatic rings. The maximum absolute atomic E-state index is 13.4. The van der Waals surface area contributed by atoms with Crippen LogP contribution < -0.4 is 4.74 Å². The van der Waals surface area contributed by atoms with Gasteiger partial charge in [0.15, 0.2) is 0 Å². The van der Waals surface area contributed by atoms with Gasteiger partial charge in [0.1, 0.15) is 11.8 Å². The predicted octanol–water partition coefficient (Wildman–Crippen LogP) is 2.24. The molecule has 2 atom stereocenters. The molecule has 0 radical (unpaired) electrons. The average Bonchev–Trinajstić information content (AvgIpc) is 3.17. The molecule has 0 spiro atoms. The van der Waals surface area contributed by atoms with E-state index in [1.807, 2.05) is 42.5 Å². The number of hydrogen-bond acceptors (Lipinski definition) is 4. The van der Waals surface area contributed by atoms with E-state index in [-0.39, 0.29) is 25.0 Å². The van der Waals surface area contributed by atoms with Gasteiger partial charge >= 0.3 is 0 Å². The second kappa shape index (κ2) is 7.74. The van der Waals surface area contributed by atoms with Gasteiger partial charge in [0.2, 0.25) is 11.8 Å². The molecule has 0 aliphatic carbocycles. The lowest BCUT2D eigenvalue weighted by atomic mass is 9.86. The van der Waals surface area contributed by atoms with Crippen LogP contribution in [0.25, 0.3) is 10.9 Å². The highest BCUT2D eigenvalue weighted by Crippen LogP contribution is 2.43. The molecule has 3 heterocycles. The molecule has 1 aromatic heterocycles. The van der Waals surface area contributed by atoms with Crippen molar-refractivity contribution < 1.29 is 19.4 Å². The number of hydrogen-bond donors (Lipinski definition) is 2. The minimum atomic E-state index is -0.567. The molecule has 0 saturated carbocycles. The van der Waals surface area contributed by atoms with Crippen LogP contribution >= 0.6 is 0 Å². The Hall–Kier alpha value is -3.32. The molecule has 2 amide bonds. The van der Waals surface area contributed by atoms with E-state index in [1.165, 1.54) is 0 Å². The number of piperazine rings is 1. The van der Waals surface area contributed by atoms with Crippen LogP contribution in [0.4, 0.5) is 0 Å². The molecule has 2 aromatic carbocycles. The lowest BCUT2D eigenvalue weighted by Crippen LogP contribution is -2.63. The van der Waals surface area contributed by atoms with Gasteiger partial charge in [-0.25, -0.2) is 0 Å². The summed E-state index contributed by atoms with van der Waals surface area (Å²) in [5, 5.41) is 10.3. The molecule has 2 aliphatic rings. The highest BCUT2D eigenvalue weighted by atomic mass is 16.5. The lowest BCUT2D eigenvalue weighted by molar-refractivity contribution is -0.158. The van der Waals surface area contributed by atoms with E-state index in [2.05, 4.69) is 11.1 Å². The highest BCUT2D eigenvalue weighted by Gasteiger charge is 2.48. The van der Waals surface area contributed by atoms with Gasteiger partial charge in [-0.05, 0) is 35.7 Å². The molecule has 7 heteroatoms. The Kier molecular flexibility index (Phi) is 4.90. The molecule has 5 rings (SSSR count). The summed E-state index contributed by atoms with van der Waals surface area (Å²) in [6.07, 6.45) is 0.934. The Balaban J connectivity index is 1.67. The summed E-state index contributed by atoms with van der Waals surface area (Å²) in [5.74, 6) is 0.564. The van der Waals surface area contributed by atoms with Crippen molar-refractivity contribution in [2.75, 3.05) is 26.8 Å². The number of ether oxygens (including phenoxy) is 1. The Morgan fingerprint density at radius 3 is 2.81 bits per heavy atom. The maximum atomic E-state index is 13.4. The predicted molar refractivity (Wildman–Crippen MR) is 116 cm³/mol. The Labute approximate surface area is 180 Å². The third-order valence-electron chi connectivity index (χ3n) is 6.34. The van der Waals surface area contributed by atoms with E-state index in [0.717, 1.165) is 27.7 Å². The standard InChI is InChI=1S/C24H25N3O4/c1-31-16-7-4-6-15(12-16)23-22-18(17-8-2-3-9-19(17)25-22)13-20-24(30)26(10-5-11-28)14-21(29)27(20)23/h2-4,6-9,12,20,23,25,28H,5,10-11,13-14H2,1H3. The van der Waals surface area contributed by atoms with Gasteiger partial charge in [-0.15, -0.1) is 0 Å². The van der Waals surface area contributed by atoms with E-state index >= 15 is 0 Å². The first-order valence-electron chi connectivity index (χ1n) is 10.6. The first kappa shape index (κ1) is 19.6. The molecule has 2 aliphatic heterocycles. The van der Waals surface area contributed by atoms with Crippen LogP contribution in [0.1, 0.15) is 29.3 Å². The minimum absolute atomic E-state index is 0.00855. The number of para-hydroxylation sites is 1. The van der Waals surface area contributed by atoms with Crippen molar-refractivity contribution in [1.82, 2.24) is 14.8 Å². The zero-order valence-electron chi connectivity index (χ0n) is 17.4. The molecule has 2 N–H and O–H groups in total. The van der Waals surface area contributed by atoms with Gasteiger partial charge in [0, 0.05) is 36.2 Å². The molecular weight excluding hydrogens is 394 g/mol. The molecule has 7 nitrogen and oxygen atoms in total. The van der Waals surface area contributed by atoms with Gasteiger partial charge in [0.25, 0.3) is 0 Å². The van der Waals surface area contributed by atoms with Crippen LogP contribution in [-0.2, 0) is 16.0 Å². The number of aliphatic hydroxyl groups is 1. The molecule has 2 unspecified atom stereocenters. The van der Waals surface area contributed by atoms with Crippen LogP contribution in [0, 0.1) is 0 Å². The summed E-state index contributed by atoms with van der Waals surface area (Å²) in [5.41, 5.74) is 3.93. The smallest absolute Gasteiger partial charge is 0.246 e. The number of aromatic amines is 1. The van der Waals surface area contributed by atoms with E-state index in [0.29, 0.717) is 25.1 Å². The van der Waals surface area contributed by atoms with E-state index in [4.69, 9.17) is 4.74 Å². The van der Waals surface area contributed by atoms with Crippen molar-refractivity contribution in [3.63, 3.8) is 0 Å². The maximum Gasteiger partial charge on any atom is 0.246 e. The van der Waals surface area contributed by atoms with Crippen molar-refractivity contribution in [2.24, 2.45) is 0 Å². The fourth-order valence-corrected chi connectivity index (χ4v) is 4.93. The first-order valence-corrected chi connectivity index (χ1v) is 10.6. The third-order valence-corrected chi connectivity index (χ3v) is 6.34. The lowest BCUT2D eigenvalue weighted by Gasteiger charge is -2.47. The van der Waals surface area contributed by atoms with Crippen molar-refractivity contribution in [2.45, 2.75) is 24.9 Å². The van der Waals surface area contributed by atoms with Gasteiger partial charge in [-0.1, -0.05) is 30.3 Å². The number of H-pyrrole nitrogens is 1. The van der Waals surface area contributed by atoms with E-state index < -0.39 is 12.1 Å². The van der Waals surface area contributed by atoms with Gasteiger partial charge in [-0.3, -0.25) is 9.59 Å². The van der Waals surface area contributed by atoms with Gasteiger partial charge in [0.05, 0.1) is 19.7 Å². The SMILES string of the molecule is COc1cccc(C2c3[nH]c4ccccc4c3CC3C(=O)N(CCCO)CC(=O)N32)c1. The number of benzene rings is 2. The molecular formula is C24H25N3O4. The van der Waals surface area contributed by atoms with Gasteiger partial charge < -0.3 is 24.6 Å². The number of methoxy groups -OCH3 is 1. The number of carbonyl (C=O) groups excluding carboxylic acids is 2. The van der Waals surface area contributed by atoms with Crippen molar-refractivity contribution in [1.29, 1.82) is 0 Å². The number of nitrogens with zero attached hydrogens (tertiary/aromatic N) is 2. The number of nitrogens with one attached hydrogen (secondary N) is 1. The van der Waals surface area contributed by atoms with Crippen LogP contribution in [0.15, 0.2) is 48.5 Å². The second-order valence-electron chi connectivity index (χ2n) is 8.10. The minimum Gasteiger partial charge on any atom is -0.497 e. The summed E-state index contributed by atoms with van der Waals surface area (Å²) < 4.78 is 5.43. The van der Waals surface area contributed by atoms with E-state index in [9.17, 15) is 14.7 Å². The number of amides is 2. The zero-order valence-corrected chi connectivity index (χ0v) is 17.4. The van der Waals surface area contributed by atoms with Gasteiger partial charge in [-0.2, -0.15) is 0 Å². The van der Waals surface area contributed by atoms with E-state index in [1.54, 1.807) is 16.9 Å². The molecule has 0 bridgehead atoms. The van der Waals surface area contributed by atoms with Crippen LogP contribution in [0.3, 0.4) is 0 Å². The highest BCUT2D eigenvalue weighted by molar-refractivity contribution is 5.97. The van der Waals surface area contributed by atoms with Crippen molar-refractivity contribution in [3.8, 4) is 5.75 Å². The zero-order chi connectivity index (χ0) is 21.5. The number of aromatic nitrogens is 1. The molecule has 1 saturated heterocycles. The third kappa shape index (κ3) is 3.16. The quantitative estimate of drug-likeness (QED) is 0.664. The van der Waals surface area contributed by atoms with Crippen LogP contribution in [-0.4, -0.2) is 64.6 Å². The Morgan fingerprint density at radius 2 is 2.00 bits per heavy atom. The monoisotopic (exact) mass is 419 g/mol. The summed E-state index contributed by atoms with van der Waals surface area (Å²) in [4.78, 5) is 33.6. The average molecular weight is 419 g/mol. The number of rotatable bonds is 5. The Bertz CT molecular complexity index is 1150. The van der Waals surface area contributed by atoms with Crippen LogP contribution in [0.2, 0.25) is 0 Å². The fraction of sp³-hybridized carbons (Fsp3) is 0.333. The molecule has 1 fully saturated rings. The summed E-state index contributed by atoms with van der Waals surface area (Å²) in [6.45, 7) is 0.409. The second-order valence-corrected chi connectivity index (χ2v) is 8.10. The van der Waals surface area contributed by atoms with Crippen molar-refractivity contribution in [3.05, 3.63) is 65.4 Å². The number of carbonyl (C=O) groups is 2. The Morgan fingerprint density at radius 1 is 1.16 bits per heavy atom. The fourth-order valence-electron chi connectivity index (χ4n) is 4.93. The summed E-state index contributed by atoms with van der Waals surface area (Å²) >= 11 is 0. The summed E-state index contributed by atoms with van der Waals surface area (Å²) in [6, 6.07) is 14.8. The molecule has 31 heavy (non-hydrogen) atoms. The normalized spacial score (nSPS) is 20.7. The first-order chi connectivity index (χ1) is 15.1.